The molecule has 1 aliphatic heterocycles. The SMILES string of the molecule is CN(C)CCN1C(=O)C(=O)N(C)C1=O. The molecule has 0 aromatic heterocycles. The predicted molar refractivity (Wildman–Crippen MR) is 48.4 cm³/mol. The molecule has 0 bridgehead atoms. The van der Waals surface area contributed by atoms with E-state index in [9.17, 15) is 14.4 Å². The zero-order valence-electron chi connectivity index (χ0n) is 8.48. The molecule has 0 radical (unpaired) electrons. The fraction of sp³-hybridized carbons (Fsp3) is 0.625. The van der Waals surface area contributed by atoms with Gasteiger partial charge < -0.3 is 4.90 Å². The molecule has 1 saturated heterocycles. The molecule has 78 valence electrons. The second-order valence-electron chi connectivity index (χ2n) is 3.41. The summed E-state index contributed by atoms with van der Waals surface area (Å²) >= 11 is 0. The van der Waals surface area contributed by atoms with Gasteiger partial charge >= 0.3 is 17.8 Å². The lowest BCUT2D eigenvalue weighted by Crippen LogP contribution is -2.37. The van der Waals surface area contributed by atoms with Crippen molar-refractivity contribution in [3.05, 3.63) is 0 Å². The van der Waals surface area contributed by atoms with E-state index in [1.165, 1.54) is 7.05 Å². The van der Waals surface area contributed by atoms with Crippen molar-refractivity contribution in [3.63, 3.8) is 0 Å². The molecule has 1 fully saturated rings. The molecule has 0 unspecified atom stereocenters. The van der Waals surface area contributed by atoms with Crippen molar-refractivity contribution >= 4 is 17.8 Å². The Morgan fingerprint density at radius 2 is 1.71 bits per heavy atom. The van der Waals surface area contributed by atoms with Crippen LogP contribution in [0.15, 0.2) is 0 Å². The Morgan fingerprint density at radius 3 is 2.07 bits per heavy atom. The maximum Gasteiger partial charge on any atom is 0.333 e. The minimum atomic E-state index is -0.756. The second kappa shape index (κ2) is 3.75. The summed E-state index contributed by atoms with van der Waals surface area (Å²) in [5.74, 6) is -1.49. The molecule has 4 amide bonds. The summed E-state index contributed by atoms with van der Waals surface area (Å²) < 4.78 is 0. The zero-order valence-corrected chi connectivity index (χ0v) is 8.48. The van der Waals surface area contributed by atoms with Gasteiger partial charge in [0.15, 0.2) is 0 Å². The minimum absolute atomic E-state index is 0.251. The van der Waals surface area contributed by atoms with Gasteiger partial charge in [0.25, 0.3) is 0 Å². The van der Waals surface area contributed by atoms with Gasteiger partial charge in [0, 0.05) is 20.1 Å². The van der Waals surface area contributed by atoms with Crippen LogP contribution in [0.2, 0.25) is 0 Å². The van der Waals surface area contributed by atoms with E-state index in [4.69, 9.17) is 0 Å². The number of carbonyl (C=O) groups is 3. The average molecular weight is 199 g/mol. The Labute approximate surface area is 82.1 Å². The van der Waals surface area contributed by atoms with E-state index in [-0.39, 0.29) is 6.54 Å². The molecule has 14 heavy (non-hydrogen) atoms. The van der Waals surface area contributed by atoms with Crippen molar-refractivity contribution in [3.8, 4) is 0 Å². The molecule has 1 aliphatic rings. The van der Waals surface area contributed by atoms with Crippen LogP contribution < -0.4 is 0 Å². The van der Waals surface area contributed by atoms with Crippen molar-refractivity contribution in [2.45, 2.75) is 0 Å². The number of likely N-dealkylation sites (N-methyl/N-ethyl adjacent to an activating group) is 2. The number of carbonyl (C=O) groups excluding carboxylic acids is 3. The largest absolute Gasteiger partial charge is 0.333 e. The molecular formula is C8H13N3O3. The van der Waals surface area contributed by atoms with E-state index in [2.05, 4.69) is 0 Å². The van der Waals surface area contributed by atoms with Gasteiger partial charge in [0.1, 0.15) is 0 Å². The highest BCUT2D eigenvalue weighted by atomic mass is 16.2. The fourth-order valence-electron chi connectivity index (χ4n) is 1.11. The van der Waals surface area contributed by atoms with Crippen molar-refractivity contribution in [2.75, 3.05) is 34.2 Å². The average Bonchev–Trinajstić information content (AvgIpc) is 2.29. The Bertz CT molecular complexity index is 288. The third-order valence-electron chi connectivity index (χ3n) is 2.02. The van der Waals surface area contributed by atoms with Gasteiger partial charge in [-0.15, -0.1) is 0 Å². The lowest BCUT2D eigenvalue weighted by atomic mass is 10.5. The van der Waals surface area contributed by atoms with Crippen molar-refractivity contribution < 1.29 is 14.4 Å². The van der Waals surface area contributed by atoms with Crippen molar-refractivity contribution in [1.29, 1.82) is 0 Å². The zero-order chi connectivity index (χ0) is 10.9. The molecule has 0 aliphatic carbocycles. The van der Waals surface area contributed by atoms with E-state index in [0.717, 1.165) is 9.80 Å². The third-order valence-corrected chi connectivity index (χ3v) is 2.02. The van der Waals surface area contributed by atoms with Crippen LogP contribution >= 0.6 is 0 Å². The van der Waals surface area contributed by atoms with E-state index >= 15 is 0 Å². The van der Waals surface area contributed by atoms with E-state index < -0.39 is 17.8 Å². The van der Waals surface area contributed by atoms with Gasteiger partial charge in [-0.3, -0.25) is 19.4 Å². The van der Waals surface area contributed by atoms with Gasteiger partial charge in [-0.2, -0.15) is 0 Å². The first-order chi connectivity index (χ1) is 6.45. The highest BCUT2D eigenvalue weighted by Crippen LogP contribution is 2.08. The number of rotatable bonds is 3. The maximum atomic E-state index is 11.3. The van der Waals surface area contributed by atoms with E-state index in [0.29, 0.717) is 6.54 Å². The molecular weight excluding hydrogens is 186 g/mol. The maximum absolute atomic E-state index is 11.3. The first-order valence-electron chi connectivity index (χ1n) is 4.23. The summed E-state index contributed by atoms with van der Waals surface area (Å²) in [6.07, 6.45) is 0. The third kappa shape index (κ3) is 1.74. The molecule has 0 aromatic rings. The van der Waals surface area contributed by atoms with Gasteiger partial charge in [0.05, 0.1) is 0 Å². The molecule has 1 rings (SSSR count). The smallest absolute Gasteiger partial charge is 0.308 e. The standard InChI is InChI=1S/C8H13N3O3/c1-9(2)4-5-11-7(13)6(12)10(3)8(11)14/h4-5H2,1-3H3. The monoisotopic (exact) mass is 199 g/mol. The van der Waals surface area contributed by atoms with E-state index in [1.807, 2.05) is 19.0 Å². The summed E-state index contributed by atoms with van der Waals surface area (Å²) in [7, 11) is 4.96. The van der Waals surface area contributed by atoms with Crippen LogP contribution in [0.5, 0.6) is 0 Å². The lowest BCUT2D eigenvalue weighted by Gasteiger charge is -2.15. The first kappa shape index (κ1) is 10.6. The number of hydrogen-bond donors (Lipinski definition) is 0. The van der Waals surface area contributed by atoms with Gasteiger partial charge in [0.2, 0.25) is 0 Å². The lowest BCUT2D eigenvalue weighted by molar-refractivity contribution is -0.142. The highest BCUT2D eigenvalue weighted by molar-refractivity contribution is 6.44. The molecule has 6 nitrogen and oxygen atoms in total. The van der Waals surface area contributed by atoms with Gasteiger partial charge in [-0.05, 0) is 14.1 Å². The van der Waals surface area contributed by atoms with Crippen LogP contribution in [0, 0.1) is 0 Å². The number of urea groups is 1. The van der Waals surface area contributed by atoms with Crippen LogP contribution in [0.3, 0.4) is 0 Å². The van der Waals surface area contributed by atoms with Crippen LogP contribution in [-0.4, -0.2) is 66.8 Å². The summed E-state index contributed by atoms with van der Waals surface area (Å²) in [6, 6.07) is -0.540. The summed E-state index contributed by atoms with van der Waals surface area (Å²) in [6.45, 7) is 0.805. The molecule has 0 N–H and O–H groups in total. The minimum Gasteiger partial charge on any atom is -0.308 e. The Kier molecular flexibility index (Phi) is 2.85. The number of hydrogen-bond acceptors (Lipinski definition) is 4. The van der Waals surface area contributed by atoms with Gasteiger partial charge in [-0.25, -0.2) is 4.79 Å². The van der Waals surface area contributed by atoms with Crippen molar-refractivity contribution in [1.82, 2.24) is 14.7 Å². The predicted octanol–water partition coefficient (Wildman–Crippen LogP) is -1.03. The van der Waals surface area contributed by atoms with Crippen molar-refractivity contribution in [2.24, 2.45) is 0 Å². The molecule has 0 spiro atoms. The Morgan fingerprint density at radius 1 is 1.14 bits per heavy atom. The Hall–Kier alpha value is -1.43. The van der Waals surface area contributed by atoms with Crippen LogP contribution in [0.1, 0.15) is 0 Å². The molecule has 1 heterocycles. The van der Waals surface area contributed by atoms with Gasteiger partial charge in [-0.1, -0.05) is 0 Å². The summed E-state index contributed by atoms with van der Waals surface area (Å²) in [5, 5.41) is 0. The normalized spacial score (nSPS) is 17.6. The fourth-order valence-corrected chi connectivity index (χ4v) is 1.11. The first-order valence-corrected chi connectivity index (χ1v) is 4.23. The van der Waals surface area contributed by atoms with Crippen LogP contribution in [0.4, 0.5) is 4.79 Å². The molecule has 0 atom stereocenters. The van der Waals surface area contributed by atoms with Crippen LogP contribution in [0.25, 0.3) is 0 Å². The van der Waals surface area contributed by atoms with E-state index in [1.54, 1.807) is 0 Å². The Balaban J connectivity index is 2.66. The summed E-state index contributed by atoms with van der Waals surface area (Å²) in [4.78, 5) is 37.3. The second-order valence-corrected chi connectivity index (χ2v) is 3.41. The molecule has 0 saturated carbocycles. The number of amides is 4. The highest BCUT2D eigenvalue weighted by Gasteiger charge is 2.41. The van der Waals surface area contributed by atoms with Crippen LogP contribution in [-0.2, 0) is 9.59 Å². The molecule has 0 aromatic carbocycles. The molecule has 6 heteroatoms. The quantitative estimate of drug-likeness (QED) is 0.430. The number of imide groups is 2. The topological polar surface area (TPSA) is 60.9 Å². The number of nitrogens with zero attached hydrogens (tertiary/aromatic N) is 3. The summed E-state index contributed by atoms with van der Waals surface area (Å²) in [5.41, 5.74) is 0.